The summed E-state index contributed by atoms with van der Waals surface area (Å²) in [7, 11) is 0. The molecular weight excluding hydrogens is 436 g/mol. The summed E-state index contributed by atoms with van der Waals surface area (Å²) >= 11 is 9.28. The number of halogens is 2. The number of aromatic nitrogens is 1. The predicted octanol–water partition coefficient (Wildman–Crippen LogP) is 5.27. The van der Waals surface area contributed by atoms with E-state index >= 15 is 0 Å². The molecule has 3 aromatic rings. The number of fused-ring (bicyclic) bond motifs is 1. The number of aromatic carboxylic acids is 1. The normalized spacial score (nSPS) is 10.6. The van der Waals surface area contributed by atoms with Crippen molar-refractivity contribution in [2.75, 3.05) is 11.9 Å². The molecule has 8 heteroatoms. The standard InChI is InChI=1S/C19H14BrClN2O4/c1-2-27-19(26)14-9-22-17-13(7-10(18(24)25)8-15(17)20)16(14)23-12-5-3-11(21)4-6-12/h3-9H,2H2,1H3,(H,22,23)(H,24,25). The van der Waals surface area contributed by atoms with Gasteiger partial charge in [-0.3, -0.25) is 4.98 Å². The molecule has 0 amide bonds. The van der Waals surface area contributed by atoms with Gasteiger partial charge in [-0.05, 0) is 59.3 Å². The molecule has 0 bridgehead atoms. The number of hydrogen-bond acceptors (Lipinski definition) is 5. The van der Waals surface area contributed by atoms with E-state index in [0.717, 1.165) is 0 Å². The molecule has 0 aliphatic heterocycles. The summed E-state index contributed by atoms with van der Waals surface area (Å²) in [6.07, 6.45) is 1.41. The fraction of sp³-hybridized carbons (Fsp3) is 0.105. The van der Waals surface area contributed by atoms with Gasteiger partial charge in [0.05, 0.1) is 23.4 Å². The molecular formula is C19H14BrClN2O4. The molecule has 0 saturated heterocycles. The molecule has 3 rings (SSSR count). The summed E-state index contributed by atoms with van der Waals surface area (Å²) in [5.74, 6) is -1.64. The van der Waals surface area contributed by atoms with E-state index in [1.807, 2.05) is 0 Å². The van der Waals surface area contributed by atoms with E-state index in [-0.39, 0.29) is 17.7 Å². The lowest BCUT2D eigenvalue weighted by Crippen LogP contribution is -2.10. The fourth-order valence-electron chi connectivity index (χ4n) is 2.56. The third-order valence-corrected chi connectivity index (χ3v) is 4.64. The fourth-order valence-corrected chi connectivity index (χ4v) is 3.25. The first-order chi connectivity index (χ1) is 12.9. The van der Waals surface area contributed by atoms with Crippen LogP contribution < -0.4 is 5.32 Å². The van der Waals surface area contributed by atoms with Gasteiger partial charge in [-0.1, -0.05) is 11.6 Å². The van der Waals surface area contributed by atoms with Crippen LogP contribution in [0.1, 0.15) is 27.6 Å². The molecule has 0 atom stereocenters. The molecule has 1 aromatic heterocycles. The van der Waals surface area contributed by atoms with Gasteiger partial charge in [0.1, 0.15) is 5.56 Å². The maximum atomic E-state index is 12.4. The number of carbonyl (C=O) groups excluding carboxylic acids is 1. The Morgan fingerprint density at radius 1 is 1.26 bits per heavy atom. The Morgan fingerprint density at radius 2 is 1.96 bits per heavy atom. The Morgan fingerprint density at radius 3 is 2.59 bits per heavy atom. The van der Waals surface area contributed by atoms with Crippen LogP contribution in [-0.2, 0) is 4.74 Å². The Balaban J connectivity index is 2.25. The van der Waals surface area contributed by atoms with Crippen molar-refractivity contribution in [2.24, 2.45) is 0 Å². The van der Waals surface area contributed by atoms with Crippen LogP contribution in [0, 0.1) is 0 Å². The molecule has 2 N–H and O–H groups in total. The molecule has 0 fully saturated rings. The first-order valence-electron chi connectivity index (χ1n) is 7.96. The zero-order valence-corrected chi connectivity index (χ0v) is 16.5. The number of ether oxygens (including phenoxy) is 1. The lowest BCUT2D eigenvalue weighted by molar-refractivity contribution is 0.0526. The highest BCUT2D eigenvalue weighted by Crippen LogP contribution is 2.34. The molecule has 0 unspecified atom stereocenters. The van der Waals surface area contributed by atoms with Gasteiger partial charge in [0.15, 0.2) is 0 Å². The van der Waals surface area contributed by atoms with E-state index < -0.39 is 11.9 Å². The Bertz CT molecular complexity index is 1040. The van der Waals surface area contributed by atoms with Crippen molar-refractivity contribution in [1.82, 2.24) is 4.98 Å². The first-order valence-corrected chi connectivity index (χ1v) is 9.13. The average molecular weight is 450 g/mol. The zero-order chi connectivity index (χ0) is 19.6. The van der Waals surface area contributed by atoms with Crippen molar-refractivity contribution >= 4 is 61.7 Å². The molecule has 0 aliphatic carbocycles. The summed E-state index contributed by atoms with van der Waals surface area (Å²) in [5, 5.41) is 13.6. The summed E-state index contributed by atoms with van der Waals surface area (Å²) in [6.45, 7) is 1.91. The van der Waals surface area contributed by atoms with Gasteiger partial charge in [-0.15, -0.1) is 0 Å². The summed E-state index contributed by atoms with van der Waals surface area (Å²) < 4.78 is 5.62. The third-order valence-electron chi connectivity index (χ3n) is 3.78. The van der Waals surface area contributed by atoms with E-state index in [9.17, 15) is 14.7 Å². The van der Waals surface area contributed by atoms with Crippen molar-refractivity contribution < 1.29 is 19.4 Å². The average Bonchev–Trinajstić information content (AvgIpc) is 2.64. The van der Waals surface area contributed by atoms with Crippen LogP contribution in [0.4, 0.5) is 11.4 Å². The SMILES string of the molecule is CCOC(=O)c1cnc2c(Br)cc(C(=O)O)cc2c1Nc1ccc(Cl)cc1. The summed E-state index contributed by atoms with van der Waals surface area (Å²) in [6, 6.07) is 9.84. The van der Waals surface area contributed by atoms with E-state index in [2.05, 4.69) is 26.2 Å². The minimum absolute atomic E-state index is 0.0661. The number of esters is 1. The first kappa shape index (κ1) is 19.1. The zero-order valence-electron chi connectivity index (χ0n) is 14.1. The van der Waals surface area contributed by atoms with E-state index in [1.165, 1.54) is 18.3 Å². The van der Waals surface area contributed by atoms with Gasteiger partial charge >= 0.3 is 11.9 Å². The van der Waals surface area contributed by atoms with Gasteiger partial charge in [-0.25, -0.2) is 9.59 Å². The monoisotopic (exact) mass is 448 g/mol. The van der Waals surface area contributed by atoms with Crippen LogP contribution >= 0.6 is 27.5 Å². The molecule has 0 aliphatic rings. The molecule has 0 radical (unpaired) electrons. The Hall–Kier alpha value is -2.64. The second-order valence-corrected chi connectivity index (χ2v) is 6.85. The highest BCUT2D eigenvalue weighted by atomic mass is 79.9. The predicted molar refractivity (Wildman–Crippen MR) is 107 cm³/mol. The molecule has 6 nitrogen and oxygen atoms in total. The number of hydrogen-bond donors (Lipinski definition) is 2. The number of nitrogens with zero attached hydrogens (tertiary/aromatic N) is 1. The summed E-state index contributed by atoms with van der Waals surface area (Å²) in [4.78, 5) is 28.2. The second kappa shape index (κ2) is 7.94. The third kappa shape index (κ3) is 4.04. The van der Waals surface area contributed by atoms with Crippen LogP contribution in [0.15, 0.2) is 47.1 Å². The number of carbonyl (C=O) groups is 2. The molecule has 138 valence electrons. The number of carboxylic acid groups (broad SMARTS) is 1. The van der Waals surface area contributed by atoms with Crippen molar-refractivity contribution in [3.63, 3.8) is 0 Å². The number of rotatable bonds is 5. The Kier molecular flexibility index (Phi) is 5.62. The molecule has 0 spiro atoms. The highest BCUT2D eigenvalue weighted by molar-refractivity contribution is 9.10. The van der Waals surface area contributed by atoms with Crippen molar-refractivity contribution in [2.45, 2.75) is 6.92 Å². The van der Waals surface area contributed by atoms with Crippen LogP contribution in [0.2, 0.25) is 5.02 Å². The topological polar surface area (TPSA) is 88.5 Å². The number of anilines is 2. The van der Waals surface area contributed by atoms with Gasteiger partial charge in [-0.2, -0.15) is 0 Å². The molecule has 0 saturated carbocycles. The van der Waals surface area contributed by atoms with Crippen molar-refractivity contribution in [1.29, 1.82) is 0 Å². The maximum absolute atomic E-state index is 12.4. The van der Waals surface area contributed by atoms with Gasteiger partial charge in [0.2, 0.25) is 0 Å². The second-order valence-electron chi connectivity index (χ2n) is 5.56. The maximum Gasteiger partial charge on any atom is 0.341 e. The lowest BCUT2D eigenvalue weighted by Gasteiger charge is -2.15. The van der Waals surface area contributed by atoms with Crippen LogP contribution in [-0.4, -0.2) is 28.6 Å². The number of benzene rings is 2. The van der Waals surface area contributed by atoms with Crippen LogP contribution in [0.3, 0.4) is 0 Å². The summed E-state index contributed by atoms with van der Waals surface area (Å²) in [5.41, 5.74) is 1.87. The largest absolute Gasteiger partial charge is 0.478 e. The minimum Gasteiger partial charge on any atom is -0.478 e. The number of pyridine rings is 1. The van der Waals surface area contributed by atoms with E-state index in [4.69, 9.17) is 16.3 Å². The number of nitrogens with one attached hydrogen (secondary N) is 1. The molecule has 1 heterocycles. The molecule has 2 aromatic carbocycles. The number of carboxylic acids is 1. The van der Waals surface area contributed by atoms with E-state index in [1.54, 1.807) is 31.2 Å². The Labute approximate surface area is 168 Å². The van der Waals surface area contributed by atoms with Gasteiger partial charge in [0, 0.05) is 26.8 Å². The van der Waals surface area contributed by atoms with Crippen LogP contribution in [0.25, 0.3) is 10.9 Å². The quantitative estimate of drug-likeness (QED) is 0.516. The van der Waals surface area contributed by atoms with Crippen molar-refractivity contribution in [3.05, 3.63) is 63.2 Å². The van der Waals surface area contributed by atoms with Gasteiger partial charge < -0.3 is 15.2 Å². The van der Waals surface area contributed by atoms with Crippen LogP contribution in [0.5, 0.6) is 0 Å². The smallest absolute Gasteiger partial charge is 0.341 e. The minimum atomic E-state index is -1.09. The highest BCUT2D eigenvalue weighted by Gasteiger charge is 2.20. The van der Waals surface area contributed by atoms with Gasteiger partial charge in [0.25, 0.3) is 0 Å². The van der Waals surface area contributed by atoms with E-state index in [0.29, 0.717) is 31.8 Å². The lowest BCUT2D eigenvalue weighted by atomic mass is 10.1. The molecule has 27 heavy (non-hydrogen) atoms. The van der Waals surface area contributed by atoms with Crippen molar-refractivity contribution in [3.8, 4) is 0 Å².